The molecule has 21 heavy (non-hydrogen) atoms. The molecular formula is C18H21NO2. The van der Waals surface area contributed by atoms with Crippen molar-refractivity contribution in [3.63, 3.8) is 0 Å². The number of β-amino-alcohol motifs (C(OH)–C–C–N with tert-alkyl or cyclic N) is 1. The molecule has 2 aromatic rings. The van der Waals surface area contributed by atoms with E-state index in [2.05, 4.69) is 23.5 Å². The highest BCUT2D eigenvalue weighted by Gasteiger charge is 2.30. The van der Waals surface area contributed by atoms with Crippen LogP contribution >= 0.6 is 0 Å². The zero-order valence-electron chi connectivity index (χ0n) is 12.3. The van der Waals surface area contributed by atoms with E-state index < -0.39 is 5.60 Å². The van der Waals surface area contributed by atoms with Crippen LogP contribution in [0.3, 0.4) is 0 Å². The number of benzene rings is 2. The van der Waals surface area contributed by atoms with Gasteiger partial charge in [-0.15, -0.1) is 0 Å². The summed E-state index contributed by atoms with van der Waals surface area (Å²) in [5.41, 5.74) is 2.51. The molecule has 0 amide bonds. The summed E-state index contributed by atoms with van der Waals surface area (Å²) in [6.45, 7) is 1.62. The second-order valence-corrected chi connectivity index (χ2v) is 5.62. The summed E-state index contributed by atoms with van der Waals surface area (Å²) in [5.74, 6) is 0.853. The minimum Gasteiger partial charge on any atom is -0.497 e. The lowest BCUT2D eigenvalue weighted by Gasteiger charge is -2.33. The Labute approximate surface area is 125 Å². The fourth-order valence-electron chi connectivity index (χ4n) is 2.91. The van der Waals surface area contributed by atoms with Crippen molar-refractivity contribution in [2.45, 2.75) is 18.4 Å². The van der Waals surface area contributed by atoms with E-state index in [-0.39, 0.29) is 0 Å². The van der Waals surface area contributed by atoms with Crippen molar-refractivity contribution in [3.05, 3.63) is 54.1 Å². The minimum absolute atomic E-state index is 0.630. The second-order valence-electron chi connectivity index (χ2n) is 5.62. The molecule has 1 heterocycles. The van der Waals surface area contributed by atoms with Gasteiger partial charge < -0.3 is 15.2 Å². The van der Waals surface area contributed by atoms with E-state index in [0.717, 1.165) is 41.8 Å². The van der Waals surface area contributed by atoms with Gasteiger partial charge in [0.15, 0.2) is 0 Å². The molecule has 2 aromatic carbocycles. The molecule has 1 saturated heterocycles. The smallest absolute Gasteiger partial charge is 0.119 e. The Morgan fingerprint density at radius 2 is 1.90 bits per heavy atom. The Bertz CT molecular complexity index is 601. The van der Waals surface area contributed by atoms with E-state index in [1.165, 1.54) is 0 Å². The maximum Gasteiger partial charge on any atom is 0.119 e. The maximum absolute atomic E-state index is 10.7. The molecule has 3 rings (SSSR count). The quantitative estimate of drug-likeness (QED) is 0.910. The first-order valence-corrected chi connectivity index (χ1v) is 7.39. The van der Waals surface area contributed by atoms with Crippen molar-refractivity contribution in [2.24, 2.45) is 0 Å². The molecule has 110 valence electrons. The van der Waals surface area contributed by atoms with Crippen molar-refractivity contribution >= 4 is 0 Å². The normalized spacial score (nSPS) is 22.0. The van der Waals surface area contributed by atoms with E-state index >= 15 is 0 Å². The number of nitrogens with one attached hydrogen (secondary N) is 1. The van der Waals surface area contributed by atoms with Crippen LogP contribution in [0.1, 0.15) is 18.4 Å². The predicted octanol–water partition coefficient (Wildman–Crippen LogP) is 2.93. The fraction of sp³-hybridized carbons (Fsp3) is 0.333. The number of hydrogen-bond donors (Lipinski definition) is 2. The monoisotopic (exact) mass is 283 g/mol. The topological polar surface area (TPSA) is 41.5 Å². The third-order valence-corrected chi connectivity index (χ3v) is 4.19. The number of methoxy groups -OCH3 is 1. The van der Waals surface area contributed by atoms with E-state index in [9.17, 15) is 5.11 Å². The number of hydrogen-bond acceptors (Lipinski definition) is 3. The average molecular weight is 283 g/mol. The van der Waals surface area contributed by atoms with Gasteiger partial charge in [0.05, 0.1) is 7.11 Å². The first kappa shape index (κ1) is 14.1. The van der Waals surface area contributed by atoms with Gasteiger partial charge in [0.2, 0.25) is 0 Å². The van der Waals surface area contributed by atoms with Crippen LogP contribution in [0.15, 0.2) is 48.5 Å². The van der Waals surface area contributed by atoms with E-state index in [1.54, 1.807) is 7.11 Å². The fourth-order valence-corrected chi connectivity index (χ4v) is 2.91. The van der Waals surface area contributed by atoms with Crippen LogP contribution in [0, 0.1) is 0 Å². The molecular weight excluding hydrogens is 262 g/mol. The Kier molecular flexibility index (Phi) is 3.95. The number of piperidine rings is 1. The largest absolute Gasteiger partial charge is 0.497 e. The molecule has 1 unspecified atom stereocenters. The standard InChI is InChI=1S/C18H21NO2/c1-21-17-5-2-4-15(12-17)14-6-8-16(9-7-14)18(20)10-3-11-19-13-18/h2,4-9,12,19-20H,3,10-11,13H2,1H3. The van der Waals surface area contributed by atoms with Gasteiger partial charge in [0, 0.05) is 6.54 Å². The minimum atomic E-state index is -0.731. The maximum atomic E-state index is 10.7. The molecule has 3 nitrogen and oxygen atoms in total. The Hall–Kier alpha value is -1.84. The first-order valence-electron chi connectivity index (χ1n) is 7.39. The third-order valence-electron chi connectivity index (χ3n) is 4.19. The van der Waals surface area contributed by atoms with Crippen molar-refractivity contribution < 1.29 is 9.84 Å². The summed E-state index contributed by atoms with van der Waals surface area (Å²) in [6.07, 6.45) is 1.83. The van der Waals surface area contributed by atoms with E-state index in [0.29, 0.717) is 6.54 Å². The van der Waals surface area contributed by atoms with Gasteiger partial charge >= 0.3 is 0 Å². The van der Waals surface area contributed by atoms with Crippen molar-refractivity contribution in [1.82, 2.24) is 5.32 Å². The van der Waals surface area contributed by atoms with Gasteiger partial charge in [-0.2, -0.15) is 0 Å². The zero-order chi connectivity index (χ0) is 14.7. The SMILES string of the molecule is COc1cccc(-c2ccc(C3(O)CCCNC3)cc2)c1. The molecule has 3 heteroatoms. The molecule has 0 radical (unpaired) electrons. The highest BCUT2D eigenvalue weighted by Crippen LogP contribution is 2.30. The summed E-state index contributed by atoms with van der Waals surface area (Å²) in [6, 6.07) is 16.2. The van der Waals surface area contributed by atoms with Gasteiger partial charge in [-0.1, -0.05) is 36.4 Å². The summed E-state index contributed by atoms with van der Waals surface area (Å²) in [4.78, 5) is 0. The van der Waals surface area contributed by atoms with Gasteiger partial charge in [-0.25, -0.2) is 0 Å². The van der Waals surface area contributed by atoms with Crippen LogP contribution in [0.2, 0.25) is 0 Å². The molecule has 1 fully saturated rings. The Morgan fingerprint density at radius 1 is 1.10 bits per heavy atom. The van der Waals surface area contributed by atoms with Gasteiger partial charge in [0.1, 0.15) is 11.4 Å². The molecule has 0 spiro atoms. The predicted molar refractivity (Wildman–Crippen MR) is 84.4 cm³/mol. The Morgan fingerprint density at radius 3 is 2.57 bits per heavy atom. The molecule has 2 N–H and O–H groups in total. The van der Waals surface area contributed by atoms with E-state index in [1.807, 2.05) is 30.3 Å². The second kappa shape index (κ2) is 5.88. The molecule has 0 saturated carbocycles. The van der Waals surface area contributed by atoms with Gasteiger partial charge in [-0.05, 0) is 48.2 Å². The molecule has 0 bridgehead atoms. The van der Waals surface area contributed by atoms with Crippen LogP contribution in [0.5, 0.6) is 5.75 Å². The first-order chi connectivity index (χ1) is 10.2. The van der Waals surface area contributed by atoms with Crippen LogP contribution in [-0.4, -0.2) is 25.3 Å². The summed E-state index contributed by atoms with van der Waals surface area (Å²) in [7, 11) is 1.67. The Balaban J connectivity index is 1.86. The molecule has 1 aliphatic heterocycles. The number of rotatable bonds is 3. The van der Waals surface area contributed by atoms with Gasteiger partial charge in [-0.3, -0.25) is 0 Å². The number of aliphatic hydroxyl groups is 1. The highest BCUT2D eigenvalue weighted by molar-refractivity contribution is 5.65. The third kappa shape index (κ3) is 2.94. The van der Waals surface area contributed by atoms with Crippen molar-refractivity contribution in [3.8, 4) is 16.9 Å². The number of ether oxygens (including phenoxy) is 1. The van der Waals surface area contributed by atoms with E-state index in [4.69, 9.17) is 4.74 Å². The molecule has 1 aliphatic rings. The van der Waals surface area contributed by atoms with Crippen LogP contribution in [-0.2, 0) is 5.60 Å². The lowest BCUT2D eigenvalue weighted by atomic mass is 9.86. The van der Waals surface area contributed by atoms with Crippen molar-refractivity contribution in [1.29, 1.82) is 0 Å². The van der Waals surface area contributed by atoms with Crippen LogP contribution < -0.4 is 10.1 Å². The lowest BCUT2D eigenvalue weighted by molar-refractivity contribution is 0.0123. The van der Waals surface area contributed by atoms with Crippen LogP contribution in [0.25, 0.3) is 11.1 Å². The van der Waals surface area contributed by atoms with Crippen molar-refractivity contribution in [2.75, 3.05) is 20.2 Å². The summed E-state index contributed by atoms with van der Waals surface area (Å²) >= 11 is 0. The lowest BCUT2D eigenvalue weighted by Crippen LogP contribution is -2.43. The van der Waals surface area contributed by atoms with Crippen LogP contribution in [0.4, 0.5) is 0 Å². The van der Waals surface area contributed by atoms with Gasteiger partial charge in [0.25, 0.3) is 0 Å². The average Bonchev–Trinajstić information content (AvgIpc) is 2.56. The highest BCUT2D eigenvalue weighted by atomic mass is 16.5. The zero-order valence-corrected chi connectivity index (χ0v) is 12.3. The molecule has 0 aromatic heterocycles. The summed E-state index contributed by atoms with van der Waals surface area (Å²) < 4.78 is 5.26. The molecule has 0 aliphatic carbocycles. The summed E-state index contributed by atoms with van der Waals surface area (Å²) in [5, 5.41) is 14.0. The molecule has 1 atom stereocenters.